The molecule has 0 fully saturated rings. The fraction of sp³-hybridized carbons (Fsp3) is 0.231. The first-order valence-corrected chi connectivity index (χ1v) is 9.70. The van der Waals surface area contributed by atoms with E-state index in [4.69, 9.17) is 0 Å². The third-order valence-corrected chi connectivity index (χ3v) is 6.23. The van der Waals surface area contributed by atoms with Crippen LogP contribution in [0.25, 0.3) is 5.57 Å². The lowest BCUT2D eigenvalue weighted by Gasteiger charge is -2.38. The van der Waals surface area contributed by atoms with Crippen LogP contribution in [0.4, 0.5) is 0 Å². The first-order valence-electron chi connectivity index (χ1n) is 9.70. The van der Waals surface area contributed by atoms with Gasteiger partial charge in [-0.1, -0.05) is 92.8 Å². The Labute approximate surface area is 156 Å². The first-order chi connectivity index (χ1) is 12.7. The van der Waals surface area contributed by atoms with Crippen molar-refractivity contribution in [3.05, 3.63) is 112 Å². The molecule has 1 atom stereocenters. The maximum absolute atomic E-state index is 2.36. The van der Waals surface area contributed by atoms with Crippen molar-refractivity contribution in [2.75, 3.05) is 0 Å². The third kappa shape index (κ3) is 1.90. The molecular weight excluding hydrogens is 312 g/mol. The van der Waals surface area contributed by atoms with Crippen molar-refractivity contribution < 1.29 is 0 Å². The molecule has 0 heterocycles. The van der Waals surface area contributed by atoms with Crippen molar-refractivity contribution in [1.29, 1.82) is 0 Å². The van der Waals surface area contributed by atoms with Crippen LogP contribution in [0, 0.1) is 0 Å². The zero-order valence-electron chi connectivity index (χ0n) is 15.5. The predicted molar refractivity (Wildman–Crippen MR) is 110 cm³/mol. The van der Waals surface area contributed by atoms with Crippen LogP contribution in [0.5, 0.6) is 0 Å². The van der Waals surface area contributed by atoms with Gasteiger partial charge in [-0.2, -0.15) is 0 Å². The van der Waals surface area contributed by atoms with Gasteiger partial charge in [0.1, 0.15) is 0 Å². The minimum absolute atomic E-state index is 0.111. The Morgan fingerprint density at radius 3 is 2.46 bits per heavy atom. The summed E-state index contributed by atoms with van der Waals surface area (Å²) in [7, 11) is 0. The summed E-state index contributed by atoms with van der Waals surface area (Å²) in [5.41, 5.74) is 10.3. The van der Waals surface area contributed by atoms with Gasteiger partial charge in [-0.15, -0.1) is 0 Å². The van der Waals surface area contributed by atoms with Crippen LogP contribution in [0.15, 0.2) is 90.1 Å². The Kier molecular flexibility index (Phi) is 3.43. The van der Waals surface area contributed by atoms with E-state index in [0.717, 1.165) is 12.8 Å². The van der Waals surface area contributed by atoms with Crippen LogP contribution >= 0.6 is 0 Å². The Morgan fingerprint density at radius 1 is 0.885 bits per heavy atom. The van der Waals surface area contributed by atoms with Crippen molar-refractivity contribution >= 4 is 5.57 Å². The largest absolute Gasteiger partial charge is 0.0804 e. The fourth-order valence-corrected chi connectivity index (χ4v) is 5.23. The highest BCUT2D eigenvalue weighted by Crippen LogP contribution is 2.60. The van der Waals surface area contributed by atoms with Gasteiger partial charge in [0.2, 0.25) is 0 Å². The van der Waals surface area contributed by atoms with Crippen molar-refractivity contribution in [2.24, 2.45) is 0 Å². The predicted octanol–water partition coefficient (Wildman–Crippen LogP) is 6.71. The average Bonchev–Trinajstić information content (AvgIpc) is 3.39. The molecule has 26 heavy (non-hydrogen) atoms. The van der Waals surface area contributed by atoms with Crippen molar-refractivity contribution in [3.63, 3.8) is 0 Å². The zero-order valence-corrected chi connectivity index (χ0v) is 15.5. The van der Waals surface area contributed by atoms with Gasteiger partial charge in [-0.25, -0.2) is 0 Å². The van der Waals surface area contributed by atoms with Crippen LogP contribution in [-0.4, -0.2) is 0 Å². The maximum Gasteiger partial charge on any atom is 0.0648 e. The van der Waals surface area contributed by atoms with E-state index in [0.29, 0.717) is 5.92 Å². The quantitative estimate of drug-likeness (QED) is 0.584. The number of benzene rings is 2. The maximum atomic E-state index is 2.36. The fourth-order valence-electron chi connectivity index (χ4n) is 5.23. The van der Waals surface area contributed by atoms with E-state index in [2.05, 4.69) is 92.8 Å². The highest BCUT2D eigenvalue weighted by atomic mass is 14.5. The number of allylic oxidation sites excluding steroid dienone is 8. The van der Waals surface area contributed by atoms with Crippen molar-refractivity contribution in [3.8, 4) is 0 Å². The molecule has 0 nitrogen and oxygen atoms in total. The molecule has 2 aromatic rings. The second-order valence-electron chi connectivity index (χ2n) is 7.86. The van der Waals surface area contributed by atoms with Gasteiger partial charge in [0.05, 0.1) is 5.41 Å². The summed E-state index contributed by atoms with van der Waals surface area (Å²) >= 11 is 0. The molecule has 0 saturated carbocycles. The summed E-state index contributed by atoms with van der Waals surface area (Å²) in [6, 6.07) is 18.1. The van der Waals surface area contributed by atoms with E-state index in [1.54, 1.807) is 5.57 Å². The lowest BCUT2D eigenvalue weighted by atomic mass is 9.63. The summed E-state index contributed by atoms with van der Waals surface area (Å²) in [5, 5.41) is 0. The van der Waals surface area contributed by atoms with E-state index in [1.165, 1.54) is 33.4 Å². The lowest BCUT2D eigenvalue weighted by molar-refractivity contribution is 0.675. The normalized spacial score (nSPS) is 23.0. The molecule has 0 radical (unpaired) electrons. The second kappa shape index (κ2) is 5.71. The summed E-state index contributed by atoms with van der Waals surface area (Å²) < 4.78 is 0. The van der Waals surface area contributed by atoms with Gasteiger partial charge in [-0.3, -0.25) is 0 Å². The van der Waals surface area contributed by atoms with Crippen LogP contribution in [-0.2, 0) is 5.41 Å². The molecule has 3 aliphatic carbocycles. The van der Waals surface area contributed by atoms with E-state index < -0.39 is 0 Å². The standard InChI is InChI=1S/C26H24/c1-18(2)21-14-8-16-23-22-15-9-17-24(22)26(25(21)23,20-12-6-7-13-20)19-10-4-3-5-11-19/h3-12,14-16,18H,13,17H2,1-2H3. The molecule has 0 aliphatic heterocycles. The van der Waals surface area contributed by atoms with Gasteiger partial charge < -0.3 is 0 Å². The van der Waals surface area contributed by atoms with E-state index in [1.807, 2.05) is 0 Å². The molecule has 0 N–H and O–H groups in total. The lowest BCUT2D eigenvalue weighted by Crippen LogP contribution is -2.31. The summed E-state index contributed by atoms with van der Waals surface area (Å²) in [6.45, 7) is 4.65. The van der Waals surface area contributed by atoms with E-state index in [-0.39, 0.29) is 5.41 Å². The molecule has 5 rings (SSSR count). The molecule has 3 aliphatic rings. The van der Waals surface area contributed by atoms with Gasteiger partial charge >= 0.3 is 0 Å². The van der Waals surface area contributed by atoms with Crippen LogP contribution in [0.3, 0.4) is 0 Å². The van der Waals surface area contributed by atoms with E-state index >= 15 is 0 Å². The Morgan fingerprint density at radius 2 is 1.73 bits per heavy atom. The van der Waals surface area contributed by atoms with Crippen LogP contribution in [0.1, 0.15) is 54.9 Å². The molecule has 128 valence electrons. The average molecular weight is 336 g/mol. The number of hydrogen-bond donors (Lipinski definition) is 0. The monoisotopic (exact) mass is 336 g/mol. The Balaban J connectivity index is 1.92. The number of fused-ring (bicyclic) bond motifs is 2. The minimum Gasteiger partial charge on any atom is -0.0804 e. The van der Waals surface area contributed by atoms with Crippen molar-refractivity contribution in [1.82, 2.24) is 0 Å². The molecule has 0 heteroatoms. The second-order valence-corrected chi connectivity index (χ2v) is 7.86. The van der Waals surface area contributed by atoms with Crippen LogP contribution in [0.2, 0.25) is 0 Å². The first kappa shape index (κ1) is 15.6. The summed E-state index contributed by atoms with van der Waals surface area (Å²) in [5.74, 6) is 0.506. The molecule has 0 aromatic heterocycles. The van der Waals surface area contributed by atoms with E-state index in [9.17, 15) is 0 Å². The SMILES string of the molecule is CC(C)c1cccc2c1C(C1=CC=CC1)(c1ccccc1)C1=C2C=CC1. The van der Waals surface area contributed by atoms with Crippen molar-refractivity contribution in [2.45, 2.75) is 38.0 Å². The van der Waals surface area contributed by atoms with Gasteiger partial charge in [-0.05, 0) is 57.7 Å². The highest BCUT2D eigenvalue weighted by molar-refractivity contribution is 5.93. The smallest absolute Gasteiger partial charge is 0.0648 e. The van der Waals surface area contributed by atoms with Gasteiger partial charge in [0.25, 0.3) is 0 Å². The third-order valence-electron chi connectivity index (χ3n) is 6.23. The molecule has 0 saturated heterocycles. The summed E-state index contributed by atoms with van der Waals surface area (Å²) in [4.78, 5) is 0. The molecular formula is C26H24. The highest BCUT2D eigenvalue weighted by Gasteiger charge is 2.50. The number of hydrogen-bond acceptors (Lipinski definition) is 0. The van der Waals surface area contributed by atoms with Gasteiger partial charge in [0, 0.05) is 0 Å². The van der Waals surface area contributed by atoms with Crippen LogP contribution < -0.4 is 0 Å². The van der Waals surface area contributed by atoms with Gasteiger partial charge in [0.15, 0.2) is 0 Å². The zero-order chi connectivity index (χ0) is 17.7. The molecule has 0 amide bonds. The Bertz CT molecular complexity index is 996. The molecule has 0 bridgehead atoms. The molecule has 2 aromatic carbocycles. The molecule has 0 spiro atoms. The Hall–Kier alpha value is -2.60. The number of rotatable bonds is 3. The topological polar surface area (TPSA) is 0 Å². The minimum atomic E-state index is -0.111. The molecule has 1 unspecified atom stereocenters. The summed E-state index contributed by atoms with van der Waals surface area (Å²) in [6.07, 6.45) is 13.7.